The van der Waals surface area contributed by atoms with E-state index in [2.05, 4.69) is 5.32 Å². The summed E-state index contributed by atoms with van der Waals surface area (Å²) in [7, 11) is 1.62. The quantitative estimate of drug-likeness (QED) is 0.774. The second-order valence-corrected chi connectivity index (χ2v) is 6.25. The zero-order valence-corrected chi connectivity index (χ0v) is 15.3. The molecule has 1 heterocycles. The van der Waals surface area contributed by atoms with Crippen LogP contribution in [-0.4, -0.2) is 55.3 Å². The summed E-state index contributed by atoms with van der Waals surface area (Å²) in [5.41, 5.74) is -0.758. The van der Waals surface area contributed by atoms with Crippen LogP contribution in [0.5, 0.6) is 5.75 Å². The number of alkyl halides is 3. The molecule has 0 aliphatic carbocycles. The highest BCUT2D eigenvalue weighted by molar-refractivity contribution is 5.85. The SMILES string of the molecule is CN(CC(O)COc1ccc(C(F)(F)F)cc1)C(=O)C1CCCNC1.Cl. The molecule has 148 valence electrons. The van der Waals surface area contributed by atoms with Crippen LogP contribution in [0.1, 0.15) is 18.4 Å². The second-order valence-electron chi connectivity index (χ2n) is 6.25. The largest absolute Gasteiger partial charge is 0.491 e. The second kappa shape index (κ2) is 9.99. The molecular formula is C17H24ClF3N2O3. The first kappa shape index (κ1) is 22.5. The molecule has 0 saturated carbocycles. The summed E-state index contributed by atoms with van der Waals surface area (Å²) in [6.45, 7) is 1.56. The molecule has 1 aliphatic rings. The van der Waals surface area contributed by atoms with E-state index in [0.717, 1.165) is 31.5 Å². The summed E-state index contributed by atoms with van der Waals surface area (Å²) < 4.78 is 42.7. The summed E-state index contributed by atoms with van der Waals surface area (Å²) in [4.78, 5) is 13.7. The fourth-order valence-corrected chi connectivity index (χ4v) is 2.77. The Morgan fingerprint density at radius 3 is 2.58 bits per heavy atom. The molecular weight excluding hydrogens is 373 g/mol. The average Bonchev–Trinajstić information content (AvgIpc) is 2.59. The van der Waals surface area contributed by atoms with Gasteiger partial charge in [0.15, 0.2) is 0 Å². The van der Waals surface area contributed by atoms with Crippen molar-refractivity contribution < 1.29 is 27.8 Å². The molecule has 0 bridgehead atoms. The van der Waals surface area contributed by atoms with E-state index >= 15 is 0 Å². The van der Waals surface area contributed by atoms with E-state index in [-0.39, 0.29) is 43.1 Å². The van der Waals surface area contributed by atoms with Gasteiger partial charge >= 0.3 is 6.18 Å². The van der Waals surface area contributed by atoms with Crippen molar-refractivity contribution in [3.8, 4) is 5.75 Å². The number of carbonyl (C=O) groups excluding carboxylic acids is 1. The van der Waals surface area contributed by atoms with Crippen molar-refractivity contribution >= 4 is 18.3 Å². The molecule has 2 N–H and O–H groups in total. The predicted molar refractivity (Wildman–Crippen MR) is 93.4 cm³/mol. The Bertz CT molecular complexity index is 563. The maximum Gasteiger partial charge on any atom is 0.416 e. The van der Waals surface area contributed by atoms with Crippen molar-refractivity contribution in [3.05, 3.63) is 29.8 Å². The molecule has 1 aliphatic heterocycles. The molecule has 5 nitrogen and oxygen atoms in total. The number of likely N-dealkylation sites (N-methyl/N-ethyl adjacent to an activating group) is 1. The van der Waals surface area contributed by atoms with Crippen LogP contribution in [0.15, 0.2) is 24.3 Å². The third-order valence-electron chi connectivity index (χ3n) is 4.13. The fourth-order valence-electron chi connectivity index (χ4n) is 2.77. The van der Waals surface area contributed by atoms with E-state index in [0.29, 0.717) is 6.54 Å². The lowest BCUT2D eigenvalue weighted by Crippen LogP contribution is -2.44. The number of ether oxygens (including phenoxy) is 1. The number of aliphatic hydroxyl groups is 1. The van der Waals surface area contributed by atoms with Crippen LogP contribution in [0.3, 0.4) is 0 Å². The Morgan fingerprint density at radius 1 is 1.38 bits per heavy atom. The van der Waals surface area contributed by atoms with E-state index in [9.17, 15) is 23.1 Å². The van der Waals surface area contributed by atoms with Crippen molar-refractivity contribution in [2.45, 2.75) is 25.1 Å². The van der Waals surface area contributed by atoms with Crippen LogP contribution >= 0.6 is 12.4 Å². The Hall–Kier alpha value is -1.51. The molecule has 1 aromatic carbocycles. The van der Waals surface area contributed by atoms with Gasteiger partial charge in [-0.1, -0.05) is 0 Å². The third-order valence-corrected chi connectivity index (χ3v) is 4.13. The van der Waals surface area contributed by atoms with Crippen molar-refractivity contribution in [2.24, 2.45) is 5.92 Å². The van der Waals surface area contributed by atoms with Crippen LogP contribution in [0.4, 0.5) is 13.2 Å². The van der Waals surface area contributed by atoms with Crippen molar-refractivity contribution in [3.63, 3.8) is 0 Å². The number of carbonyl (C=O) groups is 1. The molecule has 1 saturated heterocycles. The highest BCUT2D eigenvalue weighted by Crippen LogP contribution is 2.30. The number of rotatable bonds is 6. The molecule has 1 aromatic rings. The number of hydrogen-bond donors (Lipinski definition) is 2. The van der Waals surface area contributed by atoms with Gasteiger partial charge in [0.05, 0.1) is 11.5 Å². The smallest absolute Gasteiger partial charge is 0.416 e. The highest BCUT2D eigenvalue weighted by Gasteiger charge is 2.30. The minimum Gasteiger partial charge on any atom is -0.491 e. The number of hydrogen-bond acceptors (Lipinski definition) is 4. The minimum absolute atomic E-state index is 0. The summed E-state index contributed by atoms with van der Waals surface area (Å²) in [6, 6.07) is 4.26. The van der Waals surface area contributed by atoms with Gasteiger partial charge in [-0.25, -0.2) is 0 Å². The van der Waals surface area contributed by atoms with Crippen molar-refractivity contribution in [2.75, 3.05) is 33.3 Å². The fraction of sp³-hybridized carbons (Fsp3) is 0.588. The molecule has 26 heavy (non-hydrogen) atoms. The van der Waals surface area contributed by atoms with Crippen LogP contribution in [0.25, 0.3) is 0 Å². The van der Waals surface area contributed by atoms with Crippen LogP contribution < -0.4 is 10.1 Å². The average molecular weight is 397 g/mol. The van der Waals surface area contributed by atoms with E-state index in [1.807, 2.05) is 0 Å². The van der Waals surface area contributed by atoms with Gasteiger partial charge in [0.2, 0.25) is 5.91 Å². The van der Waals surface area contributed by atoms with Gasteiger partial charge in [0.25, 0.3) is 0 Å². The highest BCUT2D eigenvalue weighted by atomic mass is 35.5. The Kier molecular flexibility index (Phi) is 8.66. The number of halogens is 4. The molecule has 2 unspecified atom stereocenters. The number of benzene rings is 1. The molecule has 1 fully saturated rings. The maximum absolute atomic E-state index is 12.5. The molecule has 0 spiro atoms. The summed E-state index contributed by atoms with van der Waals surface area (Å²) in [5.74, 6) is 0.125. The Balaban J connectivity index is 0.00000338. The van der Waals surface area contributed by atoms with E-state index in [1.165, 1.54) is 17.0 Å². The molecule has 2 atom stereocenters. The van der Waals surface area contributed by atoms with Gasteiger partial charge in [0, 0.05) is 20.1 Å². The lowest BCUT2D eigenvalue weighted by atomic mass is 9.98. The maximum atomic E-state index is 12.5. The summed E-state index contributed by atoms with van der Waals surface area (Å²) in [6.07, 6.45) is -3.54. The first-order valence-electron chi connectivity index (χ1n) is 8.21. The van der Waals surface area contributed by atoms with Gasteiger partial charge in [-0.2, -0.15) is 13.2 Å². The number of amides is 1. The Morgan fingerprint density at radius 2 is 2.04 bits per heavy atom. The number of piperidine rings is 1. The zero-order chi connectivity index (χ0) is 18.4. The minimum atomic E-state index is -4.39. The van der Waals surface area contributed by atoms with E-state index < -0.39 is 17.8 Å². The molecule has 2 rings (SSSR count). The lowest BCUT2D eigenvalue weighted by Gasteiger charge is -2.28. The van der Waals surface area contributed by atoms with Gasteiger partial charge in [-0.15, -0.1) is 12.4 Å². The van der Waals surface area contributed by atoms with E-state index in [4.69, 9.17) is 4.74 Å². The van der Waals surface area contributed by atoms with Crippen molar-refractivity contribution in [1.29, 1.82) is 0 Å². The zero-order valence-electron chi connectivity index (χ0n) is 14.5. The third kappa shape index (κ3) is 6.66. The van der Waals surface area contributed by atoms with Gasteiger partial charge in [-0.3, -0.25) is 4.79 Å². The summed E-state index contributed by atoms with van der Waals surface area (Å²) >= 11 is 0. The van der Waals surface area contributed by atoms with Gasteiger partial charge in [-0.05, 0) is 43.7 Å². The topological polar surface area (TPSA) is 61.8 Å². The van der Waals surface area contributed by atoms with Gasteiger partial charge in [0.1, 0.15) is 18.5 Å². The van der Waals surface area contributed by atoms with Crippen molar-refractivity contribution in [1.82, 2.24) is 10.2 Å². The molecule has 0 aromatic heterocycles. The predicted octanol–water partition coefficient (Wildman–Crippen LogP) is 2.32. The van der Waals surface area contributed by atoms with E-state index in [1.54, 1.807) is 7.05 Å². The van der Waals surface area contributed by atoms with Crippen LogP contribution in [0.2, 0.25) is 0 Å². The summed E-state index contributed by atoms with van der Waals surface area (Å²) in [5, 5.41) is 13.2. The number of nitrogens with one attached hydrogen (secondary N) is 1. The molecule has 9 heteroatoms. The number of nitrogens with zero attached hydrogens (tertiary/aromatic N) is 1. The standard InChI is InChI=1S/C17H23F3N2O3.ClH/c1-22(16(24)12-3-2-8-21-9-12)10-14(23)11-25-15-6-4-13(5-7-15)17(18,19)20;/h4-7,12,14,21,23H,2-3,8-11H2,1H3;1H. The normalized spacial score (nSPS) is 18.6. The lowest BCUT2D eigenvalue weighted by molar-refractivity contribution is -0.137. The van der Waals surface area contributed by atoms with Crippen LogP contribution in [-0.2, 0) is 11.0 Å². The Labute approximate surface area is 156 Å². The monoisotopic (exact) mass is 396 g/mol. The first-order valence-corrected chi connectivity index (χ1v) is 8.21. The molecule has 0 radical (unpaired) electrons. The first-order chi connectivity index (χ1) is 11.8. The van der Waals surface area contributed by atoms with Gasteiger partial charge < -0.3 is 20.1 Å². The molecule has 1 amide bonds. The van der Waals surface area contributed by atoms with Crippen LogP contribution in [0, 0.1) is 5.92 Å². The number of aliphatic hydroxyl groups excluding tert-OH is 1.